The van der Waals surface area contributed by atoms with Gasteiger partial charge in [-0.3, -0.25) is 4.57 Å². The van der Waals surface area contributed by atoms with E-state index in [2.05, 4.69) is 0 Å². The number of hydrogen-bond donors (Lipinski definition) is 0. The second kappa shape index (κ2) is 10.1. The Morgan fingerprint density at radius 1 is 0.857 bits per heavy atom. The molecule has 8 heteroatoms. The Morgan fingerprint density at radius 2 is 1.29 bits per heavy atom. The van der Waals surface area contributed by atoms with Gasteiger partial charge >= 0.3 is 16.4 Å². The molecule has 0 rings (SSSR count). The van der Waals surface area contributed by atoms with Crippen LogP contribution in [0.5, 0.6) is 0 Å². The molecular weight excluding hydrogens is 311 g/mol. The minimum Gasteiger partial charge on any atom is -0.374 e. The molecule has 0 aliphatic rings. The molecule has 0 heterocycles. The Bertz CT molecular complexity index is 310. The predicted molar refractivity (Wildman–Crippen MR) is 85.5 cm³/mol. The maximum absolute atomic E-state index is 12.8. The van der Waals surface area contributed by atoms with Crippen LogP contribution in [0.3, 0.4) is 0 Å². The van der Waals surface area contributed by atoms with Gasteiger partial charge in [0.05, 0.1) is 13.2 Å². The van der Waals surface area contributed by atoms with Crippen LogP contribution in [0, 0.1) is 0 Å². The lowest BCUT2D eigenvalue weighted by Crippen LogP contribution is -2.50. The zero-order valence-electron chi connectivity index (χ0n) is 14.4. The lowest BCUT2D eigenvalue weighted by atomic mass is 10.6. The molecule has 0 N–H and O–H groups in total. The summed E-state index contributed by atoms with van der Waals surface area (Å²) in [6.07, 6.45) is 0. The Kier molecular flexibility index (Phi) is 10.2. The third-order valence-corrected chi connectivity index (χ3v) is 8.71. The fraction of sp³-hybridized carbons (Fsp3) is 1.00. The molecule has 0 amide bonds. The first-order valence-corrected chi connectivity index (χ1v) is 11.1. The second-order valence-electron chi connectivity index (χ2n) is 4.72. The molecule has 0 radical (unpaired) electrons. The lowest BCUT2D eigenvalue weighted by Gasteiger charge is -2.36. The molecule has 0 aliphatic heterocycles. The highest BCUT2D eigenvalue weighted by atomic mass is 31.2. The molecule has 0 bridgehead atoms. The van der Waals surface area contributed by atoms with Crippen molar-refractivity contribution in [3.63, 3.8) is 0 Å². The van der Waals surface area contributed by atoms with Crippen molar-refractivity contribution in [3.8, 4) is 0 Å². The van der Waals surface area contributed by atoms with Crippen molar-refractivity contribution in [2.24, 2.45) is 0 Å². The summed E-state index contributed by atoms with van der Waals surface area (Å²) in [6, 6.07) is 0. The van der Waals surface area contributed by atoms with E-state index in [0.717, 1.165) is 0 Å². The van der Waals surface area contributed by atoms with Crippen LogP contribution in [0.15, 0.2) is 0 Å². The summed E-state index contributed by atoms with van der Waals surface area (Å²) in [5.41, 5.74) is 0.0524. The third kappa shape index (κ3) is 6.10. The average Bonchev–Trinajstić information content (AvgIpc) is 2.39. The minimum atomic E-state index is -3.34. The Balaban J connectivity index is 5.24. The number of hydrogen-bond acceptors (Lipinski definition) is 6. The van der Waals surface area contributed by atoms with Crippen molar-refractivity contribution in [1.82, 2.24) is 0 Å². The third-order valence-electron chi connectivity index (χ3n) is 2.80. The second-order valence-corrected chi connectivity index (χ2v) is 10.2. The molecule has 6 nitrogen and oxygen atoms in total. The summed E-state index contributed by atoms with van der Waals surface area (Å²) in [7, 11) is -6.28. The van der Waals surface area contributed by atoms with E-state index >= 15 is 0 Å². The molecule has 0 aromatic carbocycles. The first-order chi connectivity index (χ1) is 9.81. The van der Waals surface area contributed by atoms with Crippen LogP contribution < -0.4 is 0 Å². The molecule has 0 aromatic heterocycles. The van der Waals surface area contributed by atoms with Crippen LogP contribution in [-0.4, -0.2) is 41.1 Å². The zero-order valence-corrected chi connectivity index (χ0v) is 16.3. The summed E-state index contributed by atoms with van der Waals surface area (Å²) < 4.78 is 41.1. The predicted octanol–water partition coefficient (Wildman–Crippen LogP) is 4.04. The quantitative estimate of drug-likeness (QED) is 0.394. The summed E-state index contributed by atoms with van der Waals surface area (Å²) in [5, 5.41) is 0. The van der Waals surface area contributed by atoms with Crippen molar-refractivity contribution < 1.29 is 26.9 Å². The van der Waals surface area contributed by atoms with Gasteiger partial charge in [0.1, 0.15) is 5.85 Å². The van der Waals surface area contributed by atoms with Crippen molar-refractivity contribution in [2.75, 3.05) is 26.4 Å². The molecule has 0 spiro atoms. The van der Waals surface area contributed by atoms with Crippen molar-refractivity contribution in [2.45, 2.75) is 59.9 Å². The van der Waals surface area contributed by atoms with Gasteiger partial charge in [-0.15, -0.1) is 0 Å². The van der Waals surface area contributed by atoms with E-state index in [-0.39, 0.29) is 5.54 Å². The topological polar surface area (TPSA) is 63.2 Å². The highest BCUT2D eigenvalue weighted by molar-refractivity contribution is 7.54. The smallest absolute Gasteiger partial charge is 0.374 e. The molecule has 0 aliphatic carbocycles. The molecule has 128 valence electrons. The summed E-state index contributed by atoms with van der Waals surface area (Å²) in [5.74, 6) is -0.732. The van der Waals surface area contributed by atoms with E-state index in [1.54, 1.807) is 20.8 Å². The molecule has 21 heavy (non-hydrogen) atoms. The Labute approximate surface area is 130 Å². The Hall–Kier alpha value is 0.247. The van der Waals surface area contributed by atoms with E-state index in [0.29, 0.717) is 26.4 Å². The average molecular weight is 342 g/mol. The van der Waals surface area contributed by atoms with Gasteiger partial charge in [0.2, 0.25) is 0 Å². The zero-order chi connectivity index (χ0) is 16.5. The molecule has 0 fully saturated rings. The fourth-order valence-corrected chi connectivity index (χ4v) is 6.50. The molecule has 1 unspecified atom stereocenters. The largest absolute Gasteiger partial charge is 0.504 e. The maximum atomic E-state index is 12.8. The Morgan fingerprint density at radius 3 is 1.57 bits per heavy atom. The lowest BCUT2D eigenvalue weighted by molar-refractivity contribution is 0.0414. The van der Waals surface area contributed by atoms with Gasteiger partial charge in [-0.25, -0.2) is 0 Å². The van der Waals surface area contributed by atoms with Crippen LogP contribution in [-0.2, 0) is 26.9 Å². The standard InChI is InChI=1S/C13H31O6PSi/c1-8-15-20(14,16-9-2)13(7)19-21(12(5)6,17-10-3)18-11-4/h12-13H,8-11H2,1-7H3. The van der Waals surface area contributed by atoms with E-state index in [4.69, 9.17) is 22.3 Å². The highest BCUT2D eigenvalue weighted by Gasteiger charge is 2.49. The summed E-state index contributed by atoms with van der Waals surface area (Å²) >= 11 is 0. The summed E-state index contributed by atoms with van der Waals surface area (Å²) in [6.45, 7) is 14.5. The monoisotopic (exact) mass is 342 g/mol. The van der Waals surface area contributed by atoms with Gasteiger partial charge in [0.25, 0.3) is 0 Å². The van der Waals surface area contributed by atoms with Gasteiger partial charge in [-0.2, -0.15) is 0 Å². The maximum Gasteiger partial charge on any atom is 0.504 e. The molecule has 0 saturated heterocycles. The van der Waals surface area contributed by atoms with Gasteiger partial charge in [-0.05, 0) is 34.6 Å². The van der Waals surface area contributed by atoms with Crippen LogP contribution >= 0.6 is 7.60 Å². The highest BCUT2D eigenvalue weighted by Crippen LogP contribution is 2.54. The van der Waals surface area contributed by atoms with Crippen LogP contribution in [0.4, 0.5) is 0 Å². The van der Waals surface area contributed by atoms with Crippen LogP contribution in [0.2, 0.25) is 5.54 Å². The van der Waals surface area contributed by atoms with Gasteiger partial charge < -0.3 is 22.3 Å². The van der Waals surface area contributed by atoms with Gasteiger partial charge in [0, 0.05) is 18.8 Å². The van der Waals surface area contributed by atoms with E-state index in [9.17, 15) is 4.57 Å². The first kappa shape index (κ1) is 21.2. The minimum absolute atomic E-state index is 0.0524. The normalized spacial score (nSPS) is 14.7. The molecule has 0 aromatic rings. The van der Waals surface area contributed by atoms with Gasteiger partial charge in [-0.1, -0.05) is 13.8 Å². The molecule has 1 atom stereocenters. The molecule has 0 saturated carbocycles. The van der Waals surface area contributed by atoms with Crippen LogP contribution in [0.25, 0.3) is 0 Å². The number of rotatable bonds is 12. The van der Waals surface area contributed by atoms with E-state index in [1.165, 1.54) is 0 Å². The van der Waals surface area contributed by atoms with Crippen molar-refractivity contribution in [1.29, 1.82) is 0 Å². The van der Waals surface area contributed by atoms with Gasteiger partial charge in [0.15, 0.2) is 0 Å². The van der Waals surface area contributed by atoms with Crippen LogP contribution in [0.1, 0.15) is 48.5 Å². The van der Waals surface area contributed by atoms with E-state index < -0.39 is 22.2 Å². The summed E-state index contributed by atoms with van der Waals surface area (Å²) in [4.78, 5) is 0. The molecular formula is C13H31O6PSi. The SMILES string of the molecule is CCO[Si](OCC)(OC(C)P(=O)(OCC)OCC)C(C)C. The van der Waals surface area contributed by atoms with Crippen molar-refractivity contribution >= 4 is 16.4 Å². The first-order valence-electron chi connectivity index (χ1n) is 7.66. The van der Waals surface area contributed by atoms with Crippen molar-refractivity contribution in [3.05, 3.63) is 0 Å². The fourth-order valence-electron chi connectivity index (χ4n) is 1.89. The van der Waals surface area contributed by atoms with E-state index in [1.807, 2.05) is 27.7 Å².